The molecule has 5 heteroatoms. The third kappa shape index (κ3) is 3.69. The SMILES string of the molecule is COc1ccc2c(CC(=O)NCCc3ccccn3)coc2c1. The van der Waals surface area contributed by atoms with Gasteiger partial charge in [-0.1, -0.05) is 6.07 Å². The normalized spacial score (nSPS) is 10.7. The summed E-state index contributed by atoms with van der Waals surface area (Å²) in [4.78, 5) is 16.3. The van der Waals surface area contributed by atoms with Gasteiger partial charge < -0.3 is 14.5 Å². The number of pyridine rings is 1. The summed E-state index contributed by atoms with van der Waals surface area (Å²) in [5.41, 5.74) is 2.56. The number of carbonyl (C=O) groups excluding carboxylic acids is 1. The van der Waals surface area contributed by atoms with Crippen molar-refractivity contribution in [2.24, 2.45) is 0 Å². The number of rotatable bonds is 6. The van der Waals surface area contributed by atoms with Crippen molar-refractivity contribution < 1.29 is 13.9 Å². The van der Waals surface area contributed by atoms with Crippen molar-refractivity contribution >= 4 is 16.9 Å². The lowest BCUT2D eigenvalue weighted by atomic mass is 10.1. The van der Waals surface area contributed by atoms with Crippen LogP contribution in [0.4, 0.5) is 0 Å². The van der Waals surface area contributed by atoms with E-state index in [9.17, 15) is 4.79 Å². The number of benzene rings is 1. The van der Waals surface area contributed by atoms with Gasteiger partial charge in [-0.25, -0.2) is 0 Å². The highest BCUT2D eigenvalue weighted by Gasteiger charge is 2.11. The lowest BCUT2D eigenvalue weighted by Crippen LogP contribution is -2.27. The van der Waals surface area contributed by atoms with Crippen LogP contribution >= 0.6 is 0 Å². The Bertz CT molecular complexity index is 796. The number of aromatic nitrogens is 1. The van der Waals surface area contributed by atoms with E-state index < -0.39 is 0 Å². The summed E-state index contributed by atoms with van der Waals surface area (Å²) >= 11 is 0. The van der Waals surface area contributed by atoms with Crippen LogP contribution in [0.15, 0.2) is 53.3 Å². The van der Waals surface area contributed by atoms with Crippen LogP contribution in [0.25, 0.3) is 11.0 Å². The number of furan rings is 1. The Morgan fingerprint density at radius 2 is 2.22 bits per heavy atom. The summed E-state index contributed by atoms with van der Waals surface area (Å²) in [6.45, 7) is 0.569. The van der Waals surface area contributed by atoms with Gasteiger partial charge >= 0.3 is 0 Å². The largest absolute Gasteiger partial charge is 0.497 e. The molecule has 0 unspecified atom stereocenters. The molecule has 2 aromatic heterocycles. The molecule has 1 aromatic carbocycles. The van der Waals surface area contributed by atoms with E-state index in [0.717, 1.165) is 34.4 Å². The third-order valence-corrected chi connectivity index (χ3v) is 3.64. The molecule has 0 atom stereocenters. The highest BCUT2D eigenvalue weighted by molar-refractivity contribution is 5.88. The maximum Gasteiger partial charge on any atom is 0.224 e. The molecule has 2 heterocycles. The van der Waals surface area contributed by atoms with E-state index in [0.29, 0.717) is 13.0 Å². The fourth-order valence-electron chi connectivity index (χ4n) is 2.44. The van der Waals surface area contributed by atoms with Crippen molar-refractivity contribution in [2.75, 3.05) is 13.7 Å². The second-order valence-electron chi connectivity index (χ2n) is 5.22. The zero-order chi connectivity index (χ0) is 16.1. The minimum atomic E-state index is -0.0283. The van der Waals surface area contributed by atoms with Crippen molar-refractivity contribution in [3.05, 3.63) is 60.1 Å². The zero-order valence-electron chi connectivity index (χ0n) is 12.9. The van der Waals surface area contributed by atoms with Gasteiger partial charge in [0.15, 0.2) is 0 Å². The van der Waals surface area contributed by atoms with E-state index in [4.69, 9.17) is 9.15 Å². The predicted octanol–water partition coefficient (Wildman–Crippen LogP) is 2.74. The molecule has 0 saturated heterocycles. The Balaban J connectivity index is 1.57. The molecule has 3 aromatic rings. The van der Waals surface area contributed by atoms with Crippen molar-refractivity contribution in [3.8, 4) is 5.75 Å². The second kappa shape index (κ2) is 6.96. The van der Waals surface area contributed by atoms with Crippen LogP contribution < -0.4 is 10.1 Å². The molecule has 0 fully saturated rings. The topological polar surface area (TPSA) is 64.4 Å². The first-order chi connectivity index (χ1) is 11.3. The first-order valence-electron chi connectivity index (χ1n) is 7.47. The number of amides is 1. The first kappa shape index (κ1) is 15.1. The highest BCUT2D eigenvalue weighted by Crippen LogP contribution is 2.25. The molecule has 118 valence electrons. The zero-order valence-corrected chi connectivity index (χ0v) is 12.9. The van der Waals surface area contributed by atoms with Crippen LogP contribution in [-0.2, 0) is 17.6 Å². The number of fused-ring (bicyclic) bond motifs is 1. The molecule has 0 radical (unpaired) electrons. The van der Waals surface area contributed by atoms with E-state index in [1.54, 1.807) is 19.6 Å². The predicted molar refractivity (Wildman–Crippen MR) is 87.4 cm³/mol. The van der Waals surface area contributed by atoms with Crippen LogP contribution in [0, 0.1) is 0 Å². The Hall–Kier alpha value is -2.82. The lowest BCUT2D eigenvalue weighted by molar-refractivity contribution is -0.120. The fraction of sp³-hybridized carbons (Fsp3) is 0.222. The average molecular weight is 310 g/mol. The van der Waals surface area contributed by atoms with Gasteiger partial charge in [0.2, 0.25) is 5.91 Å². The van der Waals surface area contributed by atoms with Gasteiger partial charge in [0.1, 0.15) is 11.3 Å². The van der Waals surface area contributed by atoms with Gasteiger partial charge in [-0.15, -0.1) is 0 Å². The Morgan fingerprint density at radius 1 is 1.30 bits per heavy atom. The molecule has 1 amide bonds. The highest BCUT2D eigenvalue weighted by atomic mass is 16.5. The van der Waals surface area contributed by atoms with Crippen LogP contribution in [0.3, 0.4) is 0 Å². The monoisotopic (exact) mass is 310 g/mol. The molecule has 1 N–H and O–H groups in total. The van der Waals surface area contributed by atoms with E-state index in [2.05, 4.69) is 10.3 Å². The summed E-state index contributed by atoms with van der Waals surface area (Å²) in [6.07, 6.45) is 4.39. The minimum absolute atomic E-state index is 0.0283. The van der Waals surface area contributed by atoms with Gasteiger partial charge in [0.05, 0.1) is 19.8 Å². The lowest BCUT2D eigenvalue weighted by Gasteiger charge is -2.04. The van der Waals surface area contributed by atoms with Crippen LogP contribution in [0.5, 0.6) is 5.75 Å². The van der Waals surface area contributed by atoms with Crippen LogP contribution in [0.2, 0.25) is 0 Å². The van der Waals surface area contributed by atoms with Gasteiger partial charge in [-0.05, 0) is 24.3 Å². The maximum atomic E-state index is 12.1. The number of nitrogens with zero attached hydrogens (tertiary/aromatic N) is 1. The first-order valence-corrected chi connectivity index (χ1v) is 7.47. The van der Waals surface area contributed by atoms with E-state index >= 15 is 0 Å². The quantitative estimate of drug-likeness (QED) is 0.760. The van der Waals surface area contributed by atoms with E-state index in [-0.39, 0.29) is 5.91 Å². The molecule has 0 bridgehead atoms. The molecule has 0 aliphatic heterocycles. The van der Waals surface area contributed by atoms with Crippen molar-refractivity contribution in [1.82, 2.24) is 10.3 Å². The molecule has 0 saturated carbocycles. The van der Waals surface area contributed by atoms with Crippen LogP contribution in [-0.4, -0.2) is 24.5 Å². The van der Waals surface area contributed by atoms with Gasteiger partial charge in [-0.2, -0.15) is 0 Å². The smallest absolute Gasteiger partial charge is 0.224 e. The third-order valence-electron chi connectivity index (χ3n) is 3.64. The summed E-state index contributed by atoms with van der Waals surface area (Å²) in [6, 6.07) is 11.4. The molecule has 5 nitrogen and oxygen atoms in total. The summed E-state index contributed by atoms with van der Waals surface area (Å²) in [5.74, 6) is 0.706. The van der Waals surface area contributed by atoms with E-state index in [1.165, 1.54) is 0 Å². The molecular formula is C18H18N2O3. The van der Waals surface area contributed by atoms with Crippen LogP contribution in [0.1, 0.15) is 11.3 Å². The number of hydrogen-bond acceptors (Lipinski definition) is 4. The van der Waals surface area contributed by atoms with Gasteiger partial charge in [0.25, 0.3) is 0 Å². The molecule has 0 aliphatic rings. The number of carbonyl (C=O) groups is 1. The van der Waals surface area contributed by atoms with Crippen molar-refractivity contribution in [2.45, 2.75) is 12.8 Å². The number of nitrogens with one attached hydrogen (secondary N) is 1. The Kier molecular flexibility index (Phi) is 4.57. The molecule has 3 rings (SSSR count). The van der Waals surface area contributed by atoms with Gasteiger partial charge in [0, 0.05) is 41.9 Å². The van der Waals surface area contributed by atoms with E-state index in [1.807, 2.05) is 36.4 Å². The summed E-state index contributed by atoms with van der Waals surface area (Å²) < 4.78 is 10.7. The fourth-order valence-corrected chi connectivity index (χ4v) is 2.44. The number of methoxy groups -OCH3 is 1. The Labute approximate surface area is 134 Å². The number of ether oxygens (including phenoxy) is 1. The molecular weight excluding hydrogens is 292 g/mol. The summed E-state index contributed by atoms with van der Waals surface area (Å²) in [7, 11) is 1.61. The second-order valence-corrected chi connectivity index (χ2v) is 5.22. The van der Waals surface area contributed by atoms with Crippen molar-refractivity contribution in [1.29, 1.82) is 0 Å². The Morgan fingerprint density at radius 3 is 3.00 bits per heavy atom. The number of hydrogen-bond donors (Lipinski definition) is 1. The standard InChI is InChI=1S/C18H18N2O3/c1-22-15-5-6-16-13(12-23-17(16)11-15)10-18(21)20-9-7-14-4-2-3-8-19-14/h2-6,8,11-12H,7,9-10H2,1H3,(H,20,21). The summed E-state index contributed by atoms with van der Waals surface area (Å²) in [5, 5.41) is 3.85. The molecule has 0 aliphatic carbocycles. The van der Waals surface area contributed by atoms with Gasteiger partial charge in [-0.3, -0.25) is 9.78 Å². The maximum absolute atomic E-state index is 12.1. The molecule has 0 spiro atoms. The van der Waals surface area contributed by atoms with Crippen molar-refractivity contribution in [3.63, 3.8) is 0 Å². The molecule has 23 heavy (non-hydrogen) atoms. The minimum Gasteiger partial charge on any atom is -0.497 e. The average Bonchev–Trinajstić information content (AvgIpc) is 2.98.